The number of benzene rings is 3. The molecule has 0 radical (unpaired) electrons. The Morgan fingerprint density at radius 3 is 2.33 bits per heavy atom. The summed E-state index contributed by atoms with van der Waals surface area (Å²) < 4.78 is 0. The Morgan fingerprint density at radius 2 is 1.69 bits per heavy atom. The van der Waals surface area contributed by atoms with Gasteiger partial charge in [-0.15, -0.1) is 0 Å². The van der Waals surface area contributed by atoms with Gasteiger partial charge in [-0.3, -0.25) is 9.59 Å². The Balaban J connectivity index is 1.50. The summed E-state index contributed by atoms with van der Waals surface area (Å²) >= 11 is 6.08. The van der Waals surface area contributed by atoms with Crippen molar-refractivity contribution in [3.8, 4) is 11.1 Å². The number of nitrogens with zero attached hydrogens (tertiary/aromatic N) is 1. The van der Waals surface area contributed by atoms with Crippen LogP contribution in [-0.4, -0.2) is 46.9 Å². The van der Waals surface area contributed by atoms with Crippen molar-refractivity contribution in [2.24, 2.45) is 11.3 Å². The van der Waals surface area contributed by atoms with Gasteiger partial charge in [0.25, 0.3) is 5.91 Å². The summed E-state index contributed by atoms with van der Waals surface area (Å²) in [5, 5.41) is 13.2. The number of rotatable bonds is 7. The normalized spacial score (nSPS) is 17.5. The summed E-state index contributed by atoms with van der Waals surface area (Å²) in [5.41, 5.74) is 2.75. The maximum absolute atomic E-state index is 13.7. The van der Waals surface area contributed by atoms with Crippen LogP contribution in [0.15, 0.2) is 72.8 Å². The van der Waals surface area contributed by atoms with Gasteiger partial charge in [-0.25, -0.2) is 4.79 Å². The second kappa shape index (κ2) is 11.6. The number of halogens is 1. The summed E-state index contributed by atoms with van der Waals surface area (Å²) in [6.07, 6.45) is 0.824. The fraction of sp³-hybridized carbons (Fsp3) is 0.344. The fourth-order valence-electron chi connectivity index (χ4n) is 5.54. The molecule has 2 N–H and O–H groups in total. The highest BCUT2D eigenvalue weighted by Gasteiger charge is 2.40. The van der Waals surface area contributed by atoms with Gasteiger partial charge in [0.2, 0.25) is 5.91 Å². The molecule has 1 saturated heterocycles. The van der Waals surface area contributed by atoms with Crippen LogP contribution in [0.5, 0.6) is 0 Å². The van der Waals surface area contributed by atoms with Gasteiger partial charge in [-0.1, -0.05) is 81.8 Å². The van der Waals surface area contributed by atoms with Gasteiger partial charge in [-0.05, 0) is 70.7 Å². The summed E-state index contributed by atoms with van der Waals surface area (Å²) in [6.45, 7) is 9.39. The van der Waals surface area contributed by atoms with Gasteiger partial charge >= 0.3 is 5.97 Å². The number of hydrogen-bond donors (Lipinski definition) is 2. The average molecular weight is 547 g/mol. The van der Waals surface area contributed by atoms with Crippen LogP contribution in [0.3, 0.4) is 0 Å². The average Bonchev–Trinajstić information content (AvgIpc) is 2.91. The van der Waals surface area contributed by atoms with E-state index in [9.17, 15) is 19.5 Å². The van der Waals surface area contributed by atoms with E-state index >= 15 is 0 Å². The Morgan fingerprint density at radius 1 is 1.00 bits per heavy atom. The molecule has 2 amide bonds. The third kappa shape index (κ3) is 6.34. The molecule has 7 heteroatoms. The van der Waals surface area contributed by atoms with E-state index < -0.39 is 12.0 Å². The first-order valence-corrected chi connectivity index (χ1v) is 13.6. The molecular formula is C32H35ClN2O4. The van der Waals surface area contributed by atoms with Crippen molar-refractivity contribution in [1.82, 2.24) is 10.2 Å². The molecule has 0 spiro atoms. The number of amides is 2. The molecule has 3 aromatic carbocycles. The molecule has 2 atom stereocenters. The predicted octanol–water partition coefficient (Wildman–Crippen LogP) is 6.50. The summed E-state index contributed by atoms with van der Waals surface area (Å²) in [7, 11) is 0. The van der Waals surface area contributed by atoms with Crippen LogP contribution in [0.2, 0.25) is 5.02 Å². The van der Waals surface area contributed by atoms with Crippen molar-refractivity contribution in [2.45, 2.75) is 46.1 Å². The van der Waals surface area contributed by atoms with Crippen LogP contribution in [-0.2, 0) is 4.79 Å². The summed E-state index contributed by atoms with van der Waals surface area (Å²) in [5.74, 6) is -1.31. The molecule has 0 saturated carbocycles. The molecule has 6 nitrogen and oxygen atoms in total. The minimum atomic E-state index is -1.03. The van der Waals surface area contributed by atoms with Gasteiger partial charge in [0, 0.05) is 23.7 Å². The van der Waals surface area contributed by atoms with Crippen LogP contribution >= 0.6 is 11.6 Å². The highest BCUT2D eigenvalue weighted by molar-refractivity contribution is 6.30. The lowest BCUT2D eigenvalue weighted by Crippen LogP contribution is -2.55. The molecule has 1 heterocycles. The number of carboxylic acid groups (broad SMARTS) is 1. The van der Waals surface area contributed by atoms with Crippen molar-refractivity contribution < 1.29 is 19.5 Å². The van der Waals surface area contributed by atoms with Gasteiger partial charge in [0.05, 0.1) is 5.56 Å². The van der Waals surface area contributed by atoms with Crippen molar-refractivity contribution in [3.05, 3.63) is 94.5 Å². The van der Waals surface area contributed by atoms with Crippen molar-refractivity contribution in [1.29, 1.82) is 0 Å². The number of likely N-dealkylation sites (tertiary alicyclic amines) is 1. The quantitative estimate of drug-likeness (QED) is 0.354. The number of carbonyl (C=O) groups is 3. The summed E-state index contributed by atoms with van der Waals surface area (Å²) in [6, 6.07) is 20.8. The number of carboxylic acids is 1. The molecule has 39 heavy (non-hydrogen) atoms. The van der Waals surface area contributed by atoms with Crippen LogP contribution in [0.25, 0.3) is 11.1 Å². The molecule has 204 valence electrons. The maximum Gasteiger partial charge on any atom is 0.336 e. The fourth-order valence-corrected chi connectivity index (χ4v) is 5.67. The van der Waals surface area contributed by atoms with Gasteiger partial charge < -0.3 is 15.3 Å². The lowest BCUT2D eigenvalue weighted by Gasteiger charge is -2.45. The molecular weight excluding hydrogens is 512 g/mol. The zero-order valence-electron chi connectivity index (χ0n) is 22.8. The number of piperidine rings is 1. The minimum Gasteiger partial charge on any atom is -0.478 e. The van der Waals surface area contributed by atoms with Crippen LogP contribution in [0, 0.1) is 11.3 Å². The van der Waals surface area contributed by atoms with E-state index in [1.165, 1.54) is 11.6 Å². The molecule has 1 fully saturated rings. The van der Waals surface area contributed by atoms with Crippen LogP contribution in [0.1, 0.15) is 66.3 Å². The van der Waals surface area contributed by atoms with E-state index in [4.69, 9.17) is 11.6 Å². The lowest BCUT2D eigenvalue weighted by atomic mass is 9.70. The SMILES string of the molecule is CC(C)[C@@H](NC(=O)c1cccc(-c2ccccc2C(=O)O)c1)C(=O)N1CCC(c2ccc(Cl)cc2)C(C)(C)C1. The number of carbonyl (C=O) groups excluding carboxylic acids is 2. The highest BCUT2D eigenvalue weighted by atomic mass is 35.5. The van der Waals surface area contributed by atoms with Crippen molar-refractivity contribution in [2.75, 3.05) is 13.1 Å². The van der Waals surface area contributed by atoms with E-state index in [2.05, 4.69) is 31.3 Å². The molecule has 0 aliphatic carbocycles. The predicted molar refractivity (Wildman–Crippen MR) is 154 cm³/mol. The number of nitrogens with one attached hydrogen (secondary N) is 1. The maximum atomic E-state index is 13.7. The second-order valence-electron chi connectivity index (χ2n) is 11.3. The third-order valence-corrected chi connectivity index (χ3v) is 7.88. The third-order valence-electron chi connectivity index (χ3n) is 7.63. The van der Waals surface area contributed by atoms with Gasteiger partial charge in [0.1, 0.15) is 6.04 Å². The highest BCUT2D eigenvalue weighted by Crippen LogP contribution is 2.42. The Kier molecular flexibility index (Phi) is 8.45. The Bertz CT molecular complexity index is 1370. The van der Waals surface area contributed by atoms with Crippen LogP contribution < -0.4 is 5.32 Å². The Labute approximate surface area is 235 Å². The second-order valence-corrected chi connectivity index (χ2v) is 11.7. The largest absolute Gasteiger partial charge is 0.478 e. The van der Waals surface area contributed by atoms with E-state index in [0.29, 0.717) is 40.7 Å². The monoisotopic (exact) mass is 546 g/mol. The first-order chi connectivity index (χ1) is 18.5. The van der Waals surface area contributed by atoms with Crippen molar-refractivity contribution in [3.63, 3.8) is 0 Å². The van der Waals surface area contributed by atoms with Crippen molar-refractivity contribution >= 4 is 29.4 Å². The molecule has 1 aliphatic heterocycles. The standard InChI is InChI=1S/C32H35ClN2O4/c1-20(2)28(30(37)35-17-16-27(32(3,4)19-35)21-12-14-24(33)15-13-21)34-29(36)23-9-7-8-22(18-23)25-10-5-6-11-26(25)31(38)39/h5-15,18,20,27-28H,16-17,19H2,1-4H3,(H,34,36)(H,38,39)/t27?,28-/m1/s1. The summed E-state index contributed by atoms with van der Waals surface area (Å²) in [4.78, 5) is 40.6. The molecule has 3 aromatic rings. The molecule has 0 aromatic heterocycles. The zero-order chi connectivity index (χ0) is 28.3. The first kappa shape index (κ1) is 28.4. The molecule has 4 rings (SSSR count). The number of hydrogen-bond acceptors (Lipinski definition) is 3. The minimum absolute atomic E-state index is 0.0895. The van der Waals surface area contributed by atoms with Crippen LogP contribution in [0.4, 0.5) is 0 Å². The molecule has 1 aliphatic rings. The zero-order valence-corrected chi connectivity index (χ0v) is 23.5. The Hall–Kier alpha value is -3.64. The first-order valence-electron chi connectivity index (χ1n) is 13.3. The van der Waals surface area contributed by atoms with E-state index in [1.807, 2.05) is 30.9 Å². The van der Waals surface area contributed by atoms with E-state index in [1.54, 1.807) is 42.5 Å². The smallest absolute Gasteiger partial charge is 0.336 e. The lowest BCUT2D eigenvalue weighted by molar-refractivity contribution is -0.137. The molecule has 0 bridgehead atoms. The topological polar surface area (TPSA) is 86.7 Å². The molecule has 1 unspecified atom stereocenters. The van der Waals surface area contributed by atoms with E-state index in [0.717, 1.165) is 6.42 Å². The number of aromatic carboxylic acids is 1. The van der Waals surface area contributed by atoms with Gasteiger partial charge in [0.15, 0.2) is 0 Å². The van der Waals surface area contributed by atoms with Gasteiger partial charge in [-0.2, -0.15) is 0 Å². The van der Waals surface area contributed by atoms with E-state index in [-0.39, 0.29) is 28.7 Å².